The summed E-state index contributed by atoms with van der Waals surface area (Å²) in [5, 5.41) is 3.34. The molecule has 1 aliphatic rings. The number of fused-ring (bicyclic) bond motifs is 1. The third-order valence-electron chi connectivity index (χ3n) is 3.09. The maximum atomic E-state index is 5.32. The first-order valence-corrected chi connectivity index (χ1v) is 6.50. The number of nitrogens with one attached hydrogen (secondary N) is 1. The predicted octanol–water partition coefficient (Wildman–Crippen LogP) is 2.28. The highest BCUT2D eigenvalue weighted by Crippen LogP contribution is 2.27. The first-order chi connectivity index (χ1) is 8.86. The molecule has 0 bridgehead atoms. The summed E-state index contributed by atoms with van der Waals surface area (Å²) in [6.45, 7) is 5.26. The van der Waals surface area contributed by atoms with Crippen molar-refractivity contribution in [1.29, 1.82) is 0 Å². The SMILES string of the molecule is CCOCCNC(=NC)N1CCc2ccccc21.I. The number of hydrogen-bond acceptors (Lipinski definition) is 2. The van der Waals surface area contributed by atoms with E-state index < -0.39 is 0 Å². The average molecular weight is 375 g/mol. The molecule has 0 saturated heterocycles. The van der Waals surface area contributed by atoms with E-state index in [0.29, 0.717) is 6.61 Å². The molecule has 0 atom stereocenters. The molecule has 5 heteroatoms. The summed E-state index contributed by atoms with van der Waals surface area (Å²) in [4.78, 5) is 6.58. The van der Waals surface area contributed by atoms with Gasteiger partial charge in [0.2, 0.25) is 0 Å². The van der Waals surface area contributed by atoms with Gasteiger partial charge < -0.3 is 15.0 Å². The van der Waals surface area contributed by atoms with Gasteiger partial charge in [-0.2, -0.15) is 0 Å². The van der Waals surface area contributed by atoms with Crippen molar-refractivity contribution in [3.05, 3.63) is 29.8 Å². The molecule has 106 valence electrons. The highest BCUT2D eigenvalue weighted by Gasteiger charge is 2.21. The Balaban J connectivity index is 0.00000180. The second-order valence-corrected chi connectivity index (χ2v) is 4.20. The summed E-state index contributed by atoms with van der Waals surface area (Å²) in [5.41, 5.74) is 2.66. The minimum Gasteiger partial charge on any atom is -0.380 e. The van der Waals surface area contributed by atoms with Crippen LogP contribution in [0.15, 0.2) is 29.3 Å². The number of hydrogen-bond donors (Lipinski definition) is 1. The monoisotopic (exact) mass is 375 g/mol. The maximum absolute atomic E-state index is 5.32. The molecular weight excluding hydrogens is 353 g/mol. The summed E-state index contributed by atoms with van der Waals surface area (Å²) in [5.74, 6) is 0.930. The van der Waals surface area contributed by atoms with Gasteiger partial charge in [0.1, 0.15) is 0 Å². The zero-order valence-corrected chi connectivity index (χ0v) is 13.9. The normalized spacial score (nSPS) is 14.0. The molecule has 1 heterocycles. The van der Waals surface area contributed by atoms with Crippen molar-refractivity contribution in [1.82, 2.24) is 5.32 Å². The second-order valence-electron chi connectivity index (χ2n) is 4.20. The Morgan fingerprint density at radius 2 is 2.21 bits per heavy atom. The number of para-hydroxylation sites is 1. The largest absolute Gasteiger partial charge is 0.380 e. The van der Waals surface area contributed by atoms with E-state index in [1.807, 2.05) is 14.0 Å². The smallest absolute Gasteiger partial charge is 0.198 e. The summed E-state index contributed by atoms with van der Waals surface area (Å²) >= 11 is 0. The summed E-state index contributed by atoms with van der Waals surface area (Å²) in [6, 6.07) is 8.50. The minimum atomic E-state index is 0. The van der Waals surface area contributed by atoms with Gasteiger partial charge in [-0.3, -0.25) is 4.99 Å². The van der Waals surface area contributed by atoms with E-state index in [2.05, 4.69) is 39.5 Å². The topological polar surface area (TPSA) is 36.9 Å². The van der Waals surface area contributed by atoms with Gasteiger partial charge in [0.15, 0.2) is 5.96 Å². The standard InChI is InChI=1S/C14H21N3O.HI/c1-3-18-11-9-16-14(15-2)17-10-8-12-6-4-5-7-13(12)17;/h4-7H,3,8-11H2,1-2H3,(H,15,16);1H. The molecule has 0 unspecified atom stereocenters. The van der Waals surface area contributed by atoms with Gasteiger partial charge >= 0.3 is 0 Å². The number of benzene rings is 1. The first kappa shape index (κ1) is 16.2. The third-order valence-corrected chi connectivity index (χ3v) is 3.09. The molecule has 4 nitrogen and oxygen atoms in total. The Labute approximate surface area is 132 Å². The fourth-order valence-corrected chi connectivity index (χ4v) is 2.23. The van der Waals surface area contributed by atoms with Crippen LogP contribution in [0, 0.1) is 0 Å². The van der Waals surface area contributed by atoms with Crippen LogP contribution >= 0.6 is 24.0 Å². The molecule has 1 N–H and O–H groups in total. The third kappa shape index (κ3) is 4.07. The number of guanidine groups is 1. The molecule has 0 fully saturated rings. The Bertz CT molecular complexity index is 423. The lowest BCUT2D eigenvalue weighted by Crippen LogP contribution is -2.41. The van der Waals surface area contributed by atoms with Crippen LogP contribution in [0.1, 0.15) is 12.5 Å². The fraction of sp³-hybridized carbons (Fsp3) is 0.500. The van der Waals surface area contributed by atoms with Crippen molar-refractivity contribution < 1.29 is 4.74 Å². The molecule has 0 saturated carbocycles. The van der Waals surface area contributed by atoms with Crippen LogP contribution in [0.5, 0.6) is 0 Å². The second kappa shape index (κ2) is 8.37. The van der Waals surface area contributed by atoms with Gasteiger partial charge in [-0.05, 0) is 25.0 Å². The van der Waals surface area contributed by atoms with Crippen molar-refractivity contribution >= 4 is 35.6 Å². The number of aliphatic imine (C=N–C) groups is 1. The van der Waals surface area contributed by atoms with Crippen LogP contribution in [0.25, 0.3) is 0 Å². The lowest BCUT2D eigenvalue weighted by Gasteiger charge is -2.22. The highest BCUT2D eigenvalue weighted by atomic mass is 127. The van der Waals surface area contributed by atoms with E-state index in [1.54, 1.807) is 0 Å². The Morgan fingerprint density at radius 1 is 1.42 bits per heavy atom. The van der Waals surface area contributed by atoms with Gasteiger partial charge in [0.25, 0.3) is 0 Å². The van der Waals surface area contributed by atoms with Crippen LogP contribution < -0.4 is 10.2 Å². The maximum Gasteiger partial charge on any atom is 0.198 e. The molecule has 1 aliphatic heterocycles. The quantitative estimate of drug-likeness (QED) is 0.380. The fourth-order valence-electron chi connectivity index (χ4n) is 2.23. The van der Waals surface area contributed by atoms with Crippen molar-refractivity contribution in [3.63, 3.8) is 0 Å². The lowest BCUT2D eigenvalue weighted by molar-refractivity contribution is 0.152. The summed E-state index contributed by atoms with van der Waals surface area (Å²) in [6.07, 6.45) is 1.09. The van der Waals surface area contributed by atoms with Crippen molar-refractivity contribution in [2.75, 3.05) is 38.3 Å². The molecular formula is C14H22IN3O. The molecule has 19 heavy (non-hydrogen) atoms. The van der Waals surface area contributed by atoms with Crippen molar-refractivity contribution in [2.45, 2.75) is 13.3 Å². The van der Waals surface area contributed by atoms with E-state index in [-0.39, 0.29) is 24.0 Å². The molecule has 0 aliphatic carbocycles. The van der Waals surface area contributed by atoms with Crippen LogP contribution in [-0.2, 0) is 11.2 Å². The van der Waals surface area contributed by atoms with Crippen LogP contribution in [0.4, 0.5) is 5.69 Å². The summed E-state index contributed by atoms with van der Waals surface area (Å²) < 4.78 is 5.32. The molecule has 0 radical (unpaired) electrons. The van der Waals surface area contributed by atoms with Crippen LogP contribution in [0.3, 0.4) is 0 Å². The van der Waals surface area contributed by atoms with Gasteiger partial charge in [-0.25, -0.2) is 0 Å². The Kier molecular flexibility index (Phi) is 7.15. The number of nitrogens with zero attached hydrogens (tertiary/aromatic N) is 2. The summed E-state index contributed by atoms with van der Waals surface area (Å²) in [7, 11) is 1.82. The first-order valence-electron chi connectivity index (χ1n) is 6.50. The van der Waals surface area contributed by atoms with E-state index in [9.17, 15) is 0 Å². The molecule has 1 aromatic rings. The molecule has 1 aromatic carbocycles. The minimum absolute atomic E-state index is 0. The van der Waals surface area contributed by atoms with Crippen molar-refractivity contribution in [3.8, 4) is 0 Å². The molecule has 0 aromatic heterocycles. The number of halogens is 1. The van der Waals surface area contributed by atoms with Crippen LogP contribution in [-0.4, -0.2) is 39.3 Å². The average Bonchev–Trinajstić information content (AvgIpc) is 2.83. The zero-order chi connectivity index (χ0) is 12.8. The van der Waals surface area contributed by atoms with Gasteiger partial charge in [0.05, 0.1) is 6.61 Å². The molecule has 0 amide bonds. The number of rotatable bonds is 4. The van der Waals surface area contributed by atoms with Gasteiger partial charge in [-0.1, -0.05) is 18.2 Å². The van der Waals surface area contributed by atoms with E-state index >= 15 is 0 Å². The predicted molar refractivity (Wildman–Crippen MR) is 90.8 cm³/mol. The number of ether oxygens (including phenoxy) is 1. The van der Waals surface area contributed by atoms with Gasteiger partial charge in [-0.15, -0.1) is 24.0 Å². The molecule has 2 rings (SSSR count). The van der Waals surface area contributed by atoms with Crippen molar-refractivity contribution in [2.24, 2.45) is 4.99 Å². The van der Waals surface area contributed by atoms with E-state index in [4.69, 9.17) is 4.74 Å². The lowest BCUT2D eigenvalue weighted by atomic mass is 10.2. The number of anilines is 1. The van der Waals surface area contributed by atoms with Gasteiger partial charge in [0, 0.05) is 32.4 Å². The molecule has 0 spiro atoms. The Morgan fingerprint density at radius 3 is 2.95 bits per heavy atom. The van der Waals surface area contributed by atoms with E-state index in [0.717, 1.165) is 32.1 Å². The zero-order valence-electron chi connectivity index (χ0n) is 11.6. The Hall–Kier alpha value is -0.820. The van der Waals surface area contributed by atoms with Crippen LogP contribution in [0.2, 0.25) is 0 Å². The van der Waals surface area contributed by atoms with E-state index in [1.165, 1.54) is 11.3 Å². The highest BCUT2D eigenvalue weighted by molar-refractivity contribution is 14.0.